The number of carbonyl (C=O) groups is 1. The normalized spacial score (nSPS) is 14.8. The van der Waals surface area contributed by atoms with Crippen molar-refractivity contribution in [2.45, 2.75) is 13.3 Å². The number of amides is 1. The number of anilines is 3. The van der Waals surface area contributed by atoms with Gasteiger partial charge in [-0.15, -0.1) is 0 Å². The standard InChI is InChI=1S/C14H16N4O/c1-10-13-14(17(2)16-10)18(9-8-12(19)15-13)11-6-4-3-5-7-11/h3-7H,8-9H2,1-2H3,(H,15,19). The lowest BCUT2D eigenvalue weighted by atomic mass is 10.2. The largest absolute Gasteiger partial charge is 0.324 e. The monoisotopic (exact) mass is 256 g/mol. The Kier molecular flexibility index (Phi) is 2.74. The Bertz CT molecular complexity index is 618. The maximum atomic E-state index is 11.8. The molecule has 0 radical (unpaired) electrons. The van der Waals surface area contributed by atoms with Gasteiger partial charge in [-0.3, -0.25) is 9.48 Å². The van der Waals surface area contributed by atoms with Crippen molar-refractivity contribution in [2.24, 2.45) is 7.05 Å². The maximum absolute atomic E-state index is 11.8. The molecular formula is C14H16N4O. The van der Waals surface area contributed by atoms with E-state index in [1.165, 1.54) is 0 Å². The molecular weight excluding hydrogens is 240 g/mol. The zero-order chi connectivity index (χ0) is 13.4. The van der Waals surface area contributed by atoms with E-state index in [-0.39, 0.29) is 5.91 Å². The van der Waals surface area contributed by atoms with Crippen LogP contribution in [0, 0.1) is 6.92 Å². The fourth-order valence-electron chi connectivity index (χ4n) is 2.48. The number of carbonyl (C=O) groups excluding carboxylic acids is 1. The molecule has 0 unspecified atom stereocenters. The Morgan fingerprint density at radius 3 is 2.74 bits per heavy atom. The van der Waals surface area contributed by atoms with E-state index in [2.05, 4.69) is 15.3 Å². The lowest BCUT2D eigenvalue weighted by Crippen LogP contribution is -2.21. The molecule has 0 atom stereocenters. The first kappa shape index (κ1) is 11.8. The van der Waals surface area contributed by atoms with Gasteiger partial charge in [0.15, 0.2) is 5.82 Å². The summed E-state index contributed by atoms with van der Waals surface area (Å²) >= 11 is 0. The van der Waals surface area contributed by atoms with Crippen LogP contribution in [0.1, 0.15) is 12.1 Å². The van der Waals surface area contributed by atoms with Crippen LogP contribution in [0.15, 0.2) is 30.3 Å². The average molecular weight is 256 g/mol. The van der Waals surface area contributed by atoms with Gasteiger partial charge in [0.1, 0.15) is 5.69 Å². The number of para-hydroxylation sites is 1. The summed E-state index contributed by atoms with van der Waals surface area (Å²) in [5.74, 6) is 0.977. The van der Waals surface area contributed by atoms with Crippen molar-refractivity contribution in [3.05, 3.63) is 36.0 Å². The smallest absolute Gasteiger partial charge is 0.226 e. The van der Waals surface area contributed by atoms with Crippen molar-refractivity contribution in [1.29, 1.82) is 0 Å². The third-order valence-electron chi connectivity index (χ3n) is 3.34. The minimum atomic E-state index is 0.0378. The fraction of sp³-hybridized carbons (Fsp3) is 0.286. The average Bonchev–Trinajstić information content (AvgIpc) is 2.60. The van der Waals surface area contributed by atoms with E-state index in [0.29, 0.717) is 13.0 Å². The van der Waals surface area contributed by atoms with Gasteiger partial charge in [-0.2, -0.15) is 5.10 Å². The van der Waals surface area contributed by atoms with Gasteiger partial charge >= 0.3 is 0 Å². The zero-order valence-corrected chi connectivity index (χ0v) is 11.1. The molecule has 0 spiro atoms. The molecule has 1 amide bonds. The van der Waals surface area contributed by atoms with E-state index in [1.807, 2.05) is 49.0 Å². The SMILES string of the molecule is Cc1nn(C)c2c1NC(=O)CCN2c1ccccc1. The number of nitrogens with zero attached hydrogens (tertiary/aromatic N) is 3. The second-order valence-corrected chi connectivity index (χ2v) is 4.69. The number of hydrogen-bond acceptors (Lipinski definition) is 3. The Labute approximate surface area is 111 Å². The highest BCUT2D eigenvalue weighted by Gasteiger charge is 2.25. The number of aromatic nitrogens is 2. The molecule has 5 heteroatoms. The lowest BCUT2D eigenvalue weighted by molar-refractivity contribution is -0.115. The Morgan fingerprint density at radius 1 is 1.26 bits per heavy atom. The highest BCUT2D eigenvalue weighted by molar-refractivity contribution is 5.97. The third-order valence-corrected chi connectivity index (χ3v) is 3.34. The van der Waals surface area contributed by atoms with Crippen molar-refractivity contribution >= 4 is 23.1 Å². The molecule has 0 fully saturated rings. The van der Waals surface area contributed by atoms with E-state index in [1.54, 1.807) is 0 Å². The van der Waals surface area contributed by atoms with Gasteiger partial charge in [-0.05, 0) is 19.1 Å². The van der Waals surface area contributed by atoms with Crippen molar-refractivity contribution in [1.82, 2.24) is 9.78 Å². The molecule has 0 saturated heterocycles. The van der Waals surface area contributed by atoms with Crippen LogP contribution in [-0.2, 0) is 11.8 Å². The van der Waals surface area contributed by atoms with Crippen LogP contribution >= 0.6 is 0 Å². The van der Waals surface area contributed by atoms with Crippen LogP contribution in [-0.4, -0.2) is 22.2 Å². The third kappa shape index (κ3) is 1.97. The van der Waals surface area contributed by atoms with Crippen LogP contribution in [0.3, 0.4) is 0 Å². The molecule has 2 aromatic rings. The Hall–Kier alpha value is -2.30. The number of benzene rings is 1. The molecule has 5 nitrogen and oxygen atoms in total. The summed E-state index contributed by atoms with van der Waals surface area (Å²) in [6.07, 6.45) is 0.475. The highest BCUT2D eigenvalue weighted by atomic mass is 16.1. The molecule has 0 saturated carbocycles. The van der Waals surface area contributed by atoms with Gasteiger partial charge in [-0.1, -0.05) is 18.2 Å². The van der Waals surface area contributed by atoms with Crippen LogP contribution in [0.2, 0.25) is 0 Å². The van der Waals surface area contributed by atoms with Crippen molar-refractivity contribution in [2.75, 3.05) is 16.8 Å². The van der Waals surface area contributed by atoms with Crippen LogP contribution in [0.5, 0.6) is 0 Å². The summed E-state index contributed by atoms with van der Waals surface area (Å²) in [6.45, 7) is 2.56. The summed E-state index contributed by atoms with van der Waals surface area (Å²) < 4.78 is 1.82. The first-order chi connectivity index (χ1) is 9.16. The summed E-state index contributed by atoms with van der Waals surface area (Å²) in [4.78, 5) is 13.9. The number of nitrogens with one attached hydrogen (secondary N) is 1. The van der Waals surface area contributed by atoms with E-state index >= 15 is 0 Å². The number of rotatable bonds is 1. The van der Waals surface area contributed by atoms with Gasteiger partial charge in [0.25, 0.3) is 0 Å². The van der Waals surface area contributed by atoms with Gasteiger partial charge in [0.2, 0.25) is 5.91 Å². The maximum Gasteiger partial charge on any atom is 0.226 e. The lowest BCUT2D eigenvalue weighted by Gasteiger charge is -2.23. The molecule has 2 heterocycles. The minimum Gasteiger partial charge on any atom is -0.324 e. The van der Waals surface area contributed by atoms with E-state index in [4.69, 9.17) is 0 Å². The van der Waals surface area contributed by atoms with Crippen molar-refractivity contribution in [3.63, 3.8) is 0 Å². The molecule has 1 aliphatic rings. The first-order valence-corrected chi connectivity index (χ1v) is 6.33. The minimum absolute atomic E-state index is 0.0378. The van der Waals surface area contributed by atoms with Crippen LogP contribution in [0.4, 0.5) is 17.2 Å². The van der Waals surface area contributed by atoms with Gasteiger partial charge in [-0.25, -0.2) is 0 Å². The summed E-state index contributed by atoms with van der Waals surface area (Å²) in [5, 5.41) is 7.35. The number of fused-ring (bicyclic) bond motifs is 1. The topological polar surface area (TPSA) is 50.2 Å². The fourth-order valence-corrected chi connectivity index (χ4v) is 2.48. The summed E-state index contributed by atoms with van der Waals surface area (Å²) in [7, 11) is 1.90. The van der Waals surface area contributed by atoms with Gasteiger partial charge in [0, 0.05) is 25.7 Å². The predicted molar refractivity (Wildman–Crippen MR) is 74.6 cm³/mol. The number of hydrogen-bond donors (Lipinski definition) is 1. The van der Waals surface area contributed by atoms with Gasteiger partial charge in [0.05, 0.1) is 5.69 Å². The van der Waals surface area contributed by atoms with Crippen molar-refractivity contribution in [3.8, 4) is 0 Å². The van der Waals surface area contributed by atoms with Crippen LogP contribution < -0.4 is 10.2 Å². The summed E-state index contributed by atoms with van der Waals surface area (Å²) in [6, 6.07) is 10.1. The molecule has 98 valence electrons. The number of aryl methyl sites for hydroxylation is 2. The molecule has 19 heavy (non-hydrogen) atoms. The predicted octanol–water partition coefficient (Wildman–Crippen LogP) is 2.21. The Morgan fingerprint density at radius 2 is 2.00 bits per heavy atom. The molecule has 1 aromatic carbocycles. The molecule has 0 aliphatic carbocycles. The van der Waals surface area contributed by atoms with E-state index in [0.717, 1.165) is 22.9 Å². The molecule has 0 bridgehead atoms. The Balaban J connectivity index is 2.15. The molecule has 1 aliphatic heterocycles. The van der Waals surface area contributed by atoms with Gasteiger partial charge < -0.3 is 10.2 Å². The molecule has 1 N–H and O–H groups in total. The van der Waals surface area contributed by atoms with E-state index in [9.17, 15) is 4.79 Å². The van der Waals surface area contributed by atoms with Crippen molar-refractivity contribution < 1.29 is 4.79 Å². The molecule has 1 aromatic heterocycles. The quantitative estimate of drug-likeness (QED) is 0.851. The van der Waals surface area contributed by atoms with E-state index < -0.39 is 0 Å². The molecule has 3 rings (SSSR count). The summed E-state index contributed by atoms with van der Waals surface area (Å²) in [5.41, 5.74) is 2.73. The zero-order valence-electron chi connectivity index (χ0n) is 11.1. The first-order valence-electron chi connectivity index (χ1n) is 6.33. The highest BCUT2D eigenvalue weighted by Crippen LogP contribution is 2.35. The van der Waals surface area contributed by atoms with Crippen LogP contribution in [0.25, 0.3) is 0 Å². The second-order valence-electron chi connectivity index (χ2n) is 4.69. The second kappa shape index (κ2) is 4.42.